The first-order valence-corrected chi connectivity index (χ1v) is 16.0. The first kappa shape index (κ1) is 340. The van der Waals surface area contributed by atoms with Crippen molar-refractivity contribution in [1.29, 1.82) is 0 Å². The third kappa shape index (κ3) is 0. The monoisotopic (exact) mass is 689 g/mol. The van der Waals surface area contributed by atoms with Crippen LogP contribution in [0.2, 0.25) is 0 Å². The summed E-state index contributed by atoms with van der Waals surface area (Å²) in [5.74, 6) is 0. The molecule has 0 aromatic heterocycles. The molecule has 0 heteroatoms. The van der Waals surface area contributed by atoms with Crippen LogP contribution in [-0.2, 0) is 0 Å². The quantitative estimate of drug-likeness (QED) is 0.238. The van der Waals surface area contributed by atoms with Crippen molar-refractivity contribution in [2.45, 2.75) is 318 Å². The fourth-order valence-corrected chi connectivity index (χ4v) is 0. The van der Waals surface area contributed by atoms with Gasteiger partial charge in [0.1, 0.15) is 0 Å². The van der Waals surface area contributed by atoms with Crippen LogP contribution >= 0.6 is 0 Å². The topological polar surface area (TPSA) is 0 Å². The molecule has 0 aliphatic carbocycles. The van der Waals surface area contributed by atoms with Crippen LogP contribution in [0, 0.1) is 0 Å². The molecule has 0 atom stereocenters. The van der Waals surface area contributed by atoms with Gasteiger partial charge in [0.15, 0.2) is 0 Å². The smallest absolute Gasteiger partial charge is 0.0683 e. The summed E-state index contributed by atoms with van der Waals surface area (Å²) in [5, 5.41) is 0. The molecule has 0 aromatic rings. The van der Waals surface area contributed by atoms with E-state index in [0.29, 0.717) is 0 Å². The van der Waals surface area contributed by atoms with Crippen LogP contribution in [0.25, 0.3) is 0 Å². The highest BCUT2D eigenvalue weighted by Crippen LogP contribution is 1.17. The first-order valence-electron chi connectivity index (χ1n) is 16.0. The summed E-state index contributed by atoms with van der Waals surface area (Å²) in [4.78, 5) is 0. The largest absolute Gasteiger partial charge is 0.0776 e. The summed E-state index contributed by atoms with van der Waals surface area (Å²) in [6.07, 6.45) is 0. The van der Waals surface area contributed by atoms with Crippen molar-refractivity contribution in [3.05, 3.63) is 0 Å². The van der Waals surface area contributed by atoms with Gasteiger partial charge in [-0.2, -0.15) is 0 Å². The van der Waals surface area contributed by atoms with E-state index in [1.54, 1.807) is 0 Å². The zero-order chi connectivity index (χ0) is 32.0. The van der Waals surface area contributed by atoms with E-state index < -0.39 is 0 Å². The normalized spacial score (nSPS) is 2.13. The Hall–Kier alpha value is 0. The SMILES string of the molecule is C.C.C.C.C.C.C.C.C.C.C.C.C.CC.CC.CC.CC.CC.CC.CC.CC.CC.CC.CC.CC.CC.CC.CC.CC. The molecule has 0 aliphatic heterocycles. The maximum atomic E-state index is 2.00. The molecule has 0 aliphatic rings. The molecule has 0 N–H and O–H groups in total. The molecule has 0 saturated heterocycles. The van der Waals surface area contributed by atoms with E-state index in [1.165, 1.54) is 0 Å². The standard InChI is InChI=1S/16C2H6.13CH4/c16*1-2;;;;;;;;;;;;;/h16*1-2H3;13*1H4. The zero-order valence-electron chi connectivity index (χ0n) is 32.0. The van der Waals surface area contributed by atoms with E-state index in [-0.39, 0.29) is 96.5 Å². The molecule has 0 nitrogen and oxygen atoms in total. The summed E-state index contributed by atoms with van der Waals surface area (Å²) in [5.41, 5.74) is 0. The second kappa shape index (κ2) is 0. The molecule has 0 amide bonds. The average molecular weight is 690 g/mol. The molecule has 45 heavy (non-hydrogen) atoms. The highest BCUT2D eigenvalue weighted by Gasteiger charge is 0.962. The minimum absolute atomic E-state index is 0. The van der Waals surface area contributed by atoms with Gasteiger partial charge in [-0.05, 0) is 0 Å². The third-order valence-corrected chi connectivity index (χ3v) is 0. The van der Waals surface area contributed by atoms with Crippen LogP contribution in [-0.4, -0.2) is 0 Å². The number of hydrogen-bond acceptors (Lipinski definition) is 0. The Morgan fingerprint density at radius 3 is 0.0667 bits per heavy atom. The lowest BCUT2D eigenvalue weighted by Gasteiger charge is -1.07. The minimum atomic E-state index is 0. The van der Waals surface area contributed by atoms with E-state index in [9.17, 15) is 0 Å². The van der Waals surface area contributed by atoms with E-state index in [1.807, 2.05) is 222 Å². The van der Waals surface area contributed by atoms with Gasteiger partial charge in [-0.15, -0.1) is 0 Å². The Bertz CT molecular complexity index is 0. The van der Waals surface area contributed by atoms with E-state index >= 15 is 0 Å². The highest BCUT2D eigenvalue weighted by atomic mass is 13.0. The minimum Gasteiger partial charge on any atom is -0.0776 e. The van der Waals surface area contributed by atoms with Gasteiger partial charge in [0.05, 0.1) is 0 Å². The van der Waals surface area contributed by atoms with Gasteiger partial charge in [-0.25, -0.2) is 0 Å². The van der Waals surface area contributed by atoms with Crippen molar-refractivity contribution in [3.8, 4) is 0 Å². The molecule has 0 bridgehead atoms. The van der Waals surface area contributed by atoms with Gasteiger partial charge in [-0.3, -0.25) is 0 Å². The Labute approximate surface area is 317 Å². The molecule has 0 saturated carbocycles. The van der Waals surface area contributed by atoms with Gasteiger partial charge in [-0.1, -0.05) is 318 Å². The van der Waals surface area contributed by atoms with Crippen LogP contribution in [0.5, 0.6) is 0 Å². The van der Waals surface area contributed by atoms with E-state index in [4.69, 9.17) is 0 Å². The molecule has 0 aromatic carbocycles. The van der Waals surface area contributed by atoms with Gasteiger partial charge >= 0.3 is 0 Å². The van der Waals surface area contributed by atoms with Gasteiger partial charge in [0.25, 0.3) is 0 Å². The van der Waals surface area contributed by atoms with Crippen LogP contribution in [0.4, 0.5) is 0 Å². The van der Waals surface area contributed by atoms with Crippen LogP contribution < -0.4 is 0 Å². The molecule has 0 fully saturated rings. The second-order valence-electron chi connectivity index (χ2n) is 0. The summed E-state index contributed by atoms with van der Waals surface area (Å²) < 4.78 is 0. The number of rotatable bonds is 0. The van der Waals surface area contributed by atoms with Crippen molar-refractivity contribution in [1.82, 2.24) is 0 Å². The molecule has 0 radical (unpaired) electrons. The van der Waals surface area contributed by atoms with Crippen LogP contribution in [0.15, 0.2) is 0 Å². The molecule has 328 valence electrons. The third-order valence-electron chi connectivity index (χ3n) is 0. The molecule has 0 heterocycles. The Kier molecular flexibility index (Phi) is 0. The van der Waals surface area contributed by atoms with Crippen LogP contribution in [0.1, 0.15) is 318 Å². The van der Waals surface area contributed by atoms with E-state index in [0.717, 1.165) is 0 Å². The first-order chi connectivity index (χ1) is 16.0. The van der Waals surface area contributed by atoms with E-state index in [2.05, 4.69) is 0 Å². The van der Waals surface area contributed by atoms with Crippen molar-refractivity contribution >= 4 is 0 Å². The summed E-state index contributed by atoms with van der Waals surface area (Å²) >= 11 is 0. The fraction of sp³-hybridized carbons (Fsp3) is 1.00. The van der Waals surface area contributed by atoms with Crippen molar-refractivity contribution in [2.24, 2.45) is 0 Å². The van der Waals surface area contributed by atoms with Gasteiger partial charge in [0, 0.05) is 0 Å². The van der Waals surface area contributed by atoms with Gasteiger partial charge < -0.3 is 0 Å². The van der Waals surface area contributed by atoms with Crippen molar-refractivity contribution in [2.75, 3.05) is 0 Å². The Balaban J connectivity index is -0.00000000220. The fourth-order valence-electron chi connectivity index (χ4n) is 0. The highest BCUT2D eigenvalue weighted by molar-refractivity contribution is 3.53. The summed E-state index contributed by atoms with van der Waals surface area (Å²) in [6.45, 7) is 64.0. The molecular formula is C45H148. The molecule has 0 spiro atoms. The predicted octanol–water partition coefficient (Wildman–Crippen LogP) is 24.7. The molecule has 0 rings (SSSR count). The maximum Gasteiger partial charge on any atom is -0.0683 e. The predicted molar refractivity (Wildman–Crippen MR) is 269 cm³/mol. The lowest BCUT2D eigenvalue weighted by Crippen LogP contribution is -0.856. The number of hydrogen-bond donors (Lipinski definition) is 0. The second-order valence-corrected chi connectivity index (χ2v) is 0. The van der Waals surface area contributed by atoms with Crippen molar-refractivity contribution < 1.29 is 0 Å². The average Bonchev–Trinajstić information content (AvgIpc) is 3.05. The zero-order valence-corrected chi connectivity index (χ0v) is 32.0. The Morgan fingerprint density at radius 1 is 0.0667 bits per heavy atom. The lowest BCUT2D eigenvalue weighted by atomic mass is 11.0. The van der Waals surface area contributed by atoms with Crippen LogP contribution in [0.3, 0.4) is 0 Å². The molecular weight excluding hydrogens is 540 g/mol. The van der Waals surface area contributed by atoms with Gasteiger partial charge in [0.2, 0.25) is 0 Å². The maximum absolute atomic E-state index is 2.00. The van der Waals surface area contributed by atoms with Crippen molar-refractivity contribution in [3.63, 3.8) is 0 Å². The summed E-state index contributed by atoms with van der Waals surface area (Å²) in [6, 6.07) is 0. The molecule has 0 unspecified atom stereocenters. The summed E-state index contributed by atoms with van der Waals surface area (Å²) in [7, 11) is 0. The lowest BCUT2D eigenvalue weighted by molar-refractivity contribution is 1.50. The Morgan fingerprint density at radius 2 is 0.0667 bits per heavy atom.